The van der Waals surface area contributed by atoms with E-state index in [9.17, 15) is 0 Å². The Morgan fingerprint density at radius 1 is 1.17 bits per heavy atom. The first kappa shape index (κ1) is 26.8. The molecular formula is C22H38IN3O4. The average Bonchev–Trinajstić information content (AvgIpc) is 3.22. The molecule has 0 aliphatic carbocycles. The number of guanidine groups is 1. The number of halogens is 1. The monoisotopic (exact) mass is 535 g/mol. The Balaban J connectivity index is 0.00000450. The van der Waals surface area contributed by atoms with Gasteiger partial charge in [0.25, 0.3) is 0 Å². The first-order valence-corrected chi connectivity index (χ1v) is 10.5. The third-order valence-electron chi connectivity index (χ3n) is 5.04. The number of hydrogen-bond donors (Lipinski definition) is 1. The topological polar surface area (TPSA) is 64.6 Å². The van der Waals surface area contributed by atoms with Crippen molar-refractivity contribution in [1.29, 1.82) is 0 Å². The Hall–Kier alpha value is -1.26. The molecule has 1 saturated heterocycles. The number of methoxy groups -OCH3 is 3. The van der Waals surface area contributed by atoms with Crippen LogP contribution in [0.25, 0.3) is 0 Å². The van der Waals surface area contributed by atoms with Gasteiger partial charge in [-0.3, -0.25) is 4.99 Å². The van der Waals surface area contributed by atoms with E-state index in [2.05, 4.69) is 23.2 Å². The molecule has 30 heavy (non-hydrogen) atoms. The Bertz CT molecular complexity index is 630. The molecule has 0 radical (unpaired) electrons. The third kappa shape index (κ3) is 8.85. The lowest BCUT2D eigenvalue weighted by Gasteiger charge is -2.21. The maximum atomic E-state index is 5.70. The lowest BCUT2D eigenvalue weighted by atomic mass is 10.1. The lowest BCUT2D eigenvalue weighted by Crippen LogP contribution is -2.40. The van der Waals surface area contributed by atoms with Crippen LogP contribution in [0.3, 0.4) is 0 Å². The van der Waals surface area contributed by atoms with Crippen LogP contribution in [-0.4, -0.2) is 78.2 Å². The van der Waals surface area contributed by atoms with Gasteiger partial charge < -0.3 is 29.2 Å². The minimum atomic E-state index is 0. The van der Waals surface area contributed by atoms with Gasteiger partial charge in [-0.05, 0) is 43.9 Å². The second kappa shape index (κ2) is 15.5. The maximum Gasteiger partial charge on any atom is 0.193 e. The van der Waals surface area contributed by atoms with E-state index in [1.165, 1.54) is 5.56 Å². The third-order valence-corrected chi connectivity index (χ3v) is 5.04. The first-order valence-electron chi connectivity index (χ1n) is 10.5. The summed E-state index contributed by atoms with van der Waals surface area (Å²) in [7, 11) is 5.02. The first-order chi connectivity index (χ1) is 14.2. The summed E-state index contributed by atoms with van der Waals surface area (Å²) in [6, 6.07) is 6.09. The molecule has 1 aromatic rings. The molecule has 1 aromatic carbocycles. The molecule has 0 saturated carbocycles. The van der Waals surface area contributed by atoms with Crippen LogP contribution < -0.4 is 14.8 Å². The standard InChI is InChI=1S/C22H37N3O4.HI/c1-5-23-22(25-12-10-19(16-25)17-29-14-13-26-2)24-11-6-7-18-8-9-20(27-3)21(15-18)28-4;/h8-9,15,19H,5-7,10-14,16-17H2,1-4H3,(H,23,24);1H. The normalized spacial score (nSPS) is 16.3. The summed E-state index contributed by atoms with van der Waals surface area (Å²) in [6.07, 6.45) is 3.09. The fourth-order valence-electron chi connectivity index (χ4n) is 3.48. The van der Waals surface area contributed by atoms with E-state index in [0.29, 0.717) is 19.1 Å². The van der Waals surface area contributed by atoms with Gasteiger partial charge in [0.15, 0.2) is 17.5 Å². The summed E-state index contributed by atoms with van der Waals surface area (Å²) >= 11 is 0. The molecule has 0 spiro atoms. The van der Waals surface area contributed by atoms with Gasteiger partial charge in [0.05, 0.1) is 34.0 Å². The highest BCUT2D eigenvalue weighted by Crippen LogP contribution is 2.28. The van der Waals surface area contributed by atoms with E-state index >= 15 is 0 Å². The minimum absolute atomic E-state index is 0. The molecule has 8 heteroatoms. The molecule has 1 aliphatic heterocycles. The van der Waals surface area contributed by atoms with Crippen LogP contribution in [0.5, 0.6) is 11.5 Å². The predicted octanol–water partition coefficient (Wildman–Crippen LogP) is 3.20. The fourth-order valence-corrected chi connectivity index (χ4v) is 3.48. The van der Waals surface area contributed by atoms with Crippen molar-refractivity contribution >= 4 is 29.9 Å². The zero-order chi connectivity index (χ0) is 20.9. The van der Waals surface area contributed by atoms with Crippen molar-refractivity contribution in [2.24, 2.45) is 10.9 Å². The maximum absolute atomic E-state index is 5.70. The molecule has 1 atom stereocenters. The molecule has 1 unspecified atom stereocenters. The molecule has 0 bridgehead atoms. The Labute approximate surface area is 198 Å². The predicted molar refractivity (Wildman–Crippen MR) is 132 cm³/mol. The van der Waals surface area contributed by atoms with Crippen molar-refractivity contribution in [3.63, 3.8) is 0 Å². The number of aryl methyl sites for hydroxylation is 1. The number of rotatable bonds is 12. The highest BCUT2D eigenvalue weighted by atomic mass is 127. The Morgan fingerprint density at radius 2 is 1.97 bits per heavy atom. The van der Waals surface area contributed by atoms with Crippen LogP contribution in [0, 0.1) is 5.92 Å². The van der Waals surface area contributed by atoms with Gasteiger partial charge in [-0.2, -0.15) is 0 Å². The fraction of sp³-hybridized carbons (Fsp3) is 0.682. The van der Waals surface area contributed by atoms with Crippen molar-refractivity contribution in [3.8, 4) is 11.5 Å². The summed E-state index contributed by atoms with van der Waals surface area (Å²) in [6.45, 7) is 7.91. The van der Waals surface area contributed by atoms with Crippen LogP contribution in [0.15, 0.2) is 23.2 Å². The van der Waals surface area contributed by atoms with Gasteiger partial charge in [-0.1, -0.05) is 6.07 Å². The Kier molecular flexibility index (Phi) is 13.9. The van der Waals surface area contributed by atoms with Gasteiger partial charge in [-0.25, -0.2) is 0 Å². The second-order valence-electron chi connectivity index (χ2n) is 7.20. The van der Waals surface area contributed by atoms with E-state index in [-0.39, 0.29) is 24.0 Å². The van der Waals surface area contributed by atoms with Crippen LogP contribution in [0.2, 0.25) is 0 Å². The molecular weight excluding hydrogens is 497 g/mol. The molecule has 1 fully saturated rings. The smallest absolute Gasteiger partial charge is 0.193 e. The Morgan fingerprint density at radius 3 is 2.67 bits per heavy atom. The summed E-state index contributed by atoms with van der Waals surface area (Å²) in [5.41, 5.74) is 1.23. The van der Waals surface area contributed by atoms with Crippen LogP contribution in [0.4, 0.5) is 0 Å². The van der Waals surface area contributed by atoms with Gasteiger partial charge in [0.1, 0.15) is 0 Å². The minimum Gasteiger partial charge on any atom is -0.493 e. The summed E-state index contributed by atoms with van der Waals surface area (Å²) in [5.74, 6) is 3.11. The van der Waals surface area contributed by atoms with Crippen molar-refractivity contribution in [2.75, 3.05) is 67.3 Å². The highest BCUT2D eigenvalue weighted by Gasteiger charge is 2.24. The molecule has 0 amide bonds. The van der Waals surface area contributed by atoms with Crippen molar-refractivity contribution in [2.45, 2.75) is 26.2 Å². The number of likely N-dealkylation sites (tertiary alicyclic amines) is 1. The molecule has 2 rings (SSSR count). The van der Waals surface area contributed by atoms with E-state index in [1.807, 2.05) is 12.1 Å². The molecule has 7 nitrogen and oxygen atoms in total. The van der Waals surface area contributed by atoms with Crippen LogP contribution >= 0.6 is 24.0 Å². The van der Waals surface area contributed by atoms with E-state index in [0.717, 1.165) is 69.5 Å². The number of benzene rings is 1. The summed E-state index contributed by atoms with van der Waals surface area (Å²) in [5, 5.41) is 3.43. The molecule has 1 heterocycles. The number of ether oxygens (including phenoxy) is 4. The van der Waals surface area contributed by atoms with Gasteiger partial charge in [0.2, 0.25) is 0 Å². The lowest BCUT2D eigenvalue weighted by molar-refractivity contribution is 0.0536. The largest absolute Gasteiger partial charge is 0.493 e. The average molecular weight is 535 g/mol. The quantitative estimate of drug-likeness (QED) is 0.192. The SMILES string of the molecule is CCNC(=NCCCc1ccc(OC)c(OC)c1)N1CCC(COCCOC)C1.I. The van der Waals surface area contributed by atoms with E-state index in [4.69, 9.17) is 23.9 Å². The van der Waals surface area contributed by atoms with E-state index in [1.54, 1.807) is 21.3 Å². The highest BCUT2D eigenvalue weighted by molar-refractivity contribution is 14.0. The molecule has 1 aliphatic rings. The van der Waals surface area contributed by atoms with Gasteiger partial charge in [-0.15, -0.1) is 24.0 Å². The van der Waals surface area contributed by atoms with Crippen molar-refractivity contribution in [1.82, 2.24) is 10.2 Å². The van der Waals surface area contributed by atoms with Crippen LogP contribution in [0.1, 0.15) is 25.3 Å². The second-order valence-corrected chi connectivity index (χ2v) is 7.20. The summed E-state index contributed by atoms with van der Waals surface area (Å²) < 4.78 is 21.4. The zero-order valence-corrected chi connectivity index (χ0v) is 21.1. The molecule has 172 valence electrons. The number of nitrogens with one attached hydrogen (secondary N) is 1. The molecule has 1 N–H and O–H groups in total. The molecule has 0 aromatic heterocycles. The number of nitrogens with zero attached hydrogens (tertiary/aromatic N) is 2. The van der Waals surface area contributed by atoms with Crippen LogP contribution in [-0.2, 0) is 15.9 Å². The zero-order valence-electron chi connectivity index (χ0n) is 18.8. The van der Waals surface area contributed by atoms with E-state index < -0.39 is 0 Å². The number of aliphatic imine (C=N–C) groups is 1. The number of hydrogen-bond acceptors (Lipinski definition) is 5. The van der Waals surface area contributed by atoms with Gasteiger partial charge >= 0.3 is 0 Å². The van der Waals surface area contributed by atoms with Crippen molar-refractivity contribution in [3.05, 3.63) is 23.8 Å². The van der Waals surface area contributed by atoms with Crippen molar-refractivity contribution < 1.29 is 18.9 Å². The van der Waals surface area contributed by atoms with Gasteiger partial charge in [0, 0.05) is 39.2 Å². The summed E-state index contributed by atoms with van der Waals surface area (Å²) in [4.78, 5) is 7.20.